The van der Waals surface area contributed by atoms with E-state index < -0.39 is 0 Å². The van der Waals surface area contributed by atoms with Crippen LogP contribution in [0.1, 0.15) is 38.8 Å². The molecule has 0 radical (unpaired) electrons. The maximum absolute atomic E-state index is 5.87. The second-order valence-corrected chi connectivity index (χ2v) is 5.03. The summed E-state index contributed by atoms with van der Waals surface area (Å²) in [4.78, 5) is 5.87. The lowest BCUT2D eigenvalue weighted by Gasteiger charge is -2.26. The molecular weight excluding hydrogens is 234 g/mol. The fourth-order valence-corrected chi connectivity index (χ4v) is 1.79. The van der Waals surface area contributed by atoms with Crippen molar-refractivity contribution in [3.8, 4) is 0 Å². The highest BCUT2D eigenvalue weighted by atomic mass is 16.7. The third kappa shape index (κ3) is 5.86. The van der Waals surface area contributed by atoms with Crippen molar-refractivity contribution < 1.29 is 4.84 Å². The maximum atomic E-state index is 5.87. The van der Waals surface area contributed by atoms with E-state index in [1.165, 1.54) is 5.56 Å². The number of hydroxylamine groups is 2. The highest BCUT2D eigenvalue weighted by Gasteiger charge is 2.13. The number of hydrogen-bond acceptors (Lipinski definition) is 2. The van der Waals surface area contributed by atoms with Crippen LogP contribution in [0.3, 0.4) is 0 Å². The largest absolute Gasteiger partial charge is 0.292 e. The van der Waals surface area contributed by atoms with Gasteiger partial charge in [-0.2, -0.15) is 5.06 Å². The molecule has 1 rings (SSSR count). The SMILES string of the molecule is C=C(C)C/C=C/[C@@H](C)ON(C)[C@H](C)c1ccccc1. The van der Waals surface area contributed by atoms with Crippen molar-refractivity contribution in [2.75, 3.05) is 7.05 Å². The fourth-order valence-electron chi connectivity index (χ4n) is 1.79. The third-order valence-corrected chi connectivity index (χ3v) is 3.03. The molecule has 0 aliphatic rings. The second-order valence-electron chi connectivity index (χ2n) is 5.03. The minimum atomic E-state index is 0.0653. The number of rotatable bonds is 7. The predicted molar refractivity (Wildman–Crippen MR) is 81.7 cm³/mol. The standard InChI is InChI=1S/C17H25NO/c1-14(2)10-9-11-15(3)19-18(5)16(4)17-12-7-6-8-13-17/h6-9,11-13,15-16H,1,10H2,2-5H3/b11-9+/t15-,16-/m1/s1. The first-order chi connectivity index (χ1) is 9.00. The molecule has 1 aromatic carbocycles. The Bertz CT molecular complexity index is 411. The normalized spacial score (nSPS) is 14.8. The highest BCUT2D eigenvalue weighted by molar-refractivity contribution is 5.17. The summed E-state index contributed by atoms with van der Waals surface area (Å²) < 4.78 is 0. The predicted octanol–water partition coefficient (Wildman–Crippen LogP) is 4.52. The zero-order valence-corrected chi connectivity index (χ0v) is 12.5. The number of benzene rings is 1. The van der Waals surface area contributed by atoms with Gasteiger partial charge in [0.2, 0.25) is 0 Å². The Morgan fingerprint density at radius 3 is 2.53 bits per heavy atom. The van der Waals surface area contributed by atoms with E-state index >= 15 is 0 Å². The molecule has 19 heavy (non-hydrogen) atoms. The van der Waals surface area contributed by atoms with Crippen molar-refractivity contribution in [1.29, 1.82) is 0 Å². The third-order valence-electron chi connectivity index (χ3n) is 3.03. The lowest BCUT2D eigenvalue weighted by atomic mass is 10.1. The van der Waals surface area contributed by atoms with Gasteiger partial charge in [-0.1, -0.05) is 54.6 Å². The number of hydrogen-bond donors (Lipinski definition) is 0. The van der Waals surface area contributed by atoms with Gasteiger partial charge in [0.1, 0.15) is 0 Å². The first kappa shape index (κ1) is 15.7. The van der Waals surface area contributed by atoms with Crippen LogP contribution in [0.2, 0.25) is 0 Å². The molecule has 2 heteroatoms. The molecule has 0 bridgehead atoms. The average molecular weight is 259 g/mol. The van der Waals surface area contributed by atoms with Gasteiger partial charge in [-0.15, -0.1) is 0 Å². The van der Waals surface area contributed by atoms with E-state index in [9.17, 15) is 0 Å². The first-order valence-corrected chi connectivity index (χ1v) is 6.76. The van der Waals surface area contributed by atoms with Crippen LogP contribution in [0.15, 0.2) is 54.6 Å². The van der Waals surface area contributed by atoms with Crippen molar-refractivity contribution in [2.24, 2.45) is 0 Å². The number of allylic oxidation sites excluding steroid dienone is 2. The summed E-state index contributed by atoms with van der Waals surface area (Å²) in [7, 11) is 1.97. The first-order valence-electron chi connectivity index (χ1n) is 6.76. The van der Waals surface area contributed by atoms with Crippen molar-refractivity contribution in [3.05, 3.63) is 60.2 Å². The summed E-state index contributed by atoms with van der Waals surface area (Å²) in [6, 6.07) is 10.6. The molecule has 0 fully saturated rings. The molecule has 0 heterocycles. The number of nitrogens with zero attached hydrogens (tertiary/aromatic N) is 1. The summed E-state index contributed by atoms with van der Waals surface area (Å²) >= 11 is 0. The van der Waals surface area contributed by atoms with E-state index in [0.29, 0.717) is 0 Å². The fraction of sp³-hybridized carbons (Fsp3) is 0.412. The summed E-state index contributed by atoms with van der Waals surface area (Å²) in [5, 5.41) is 1.91. The summed E-state index contributed by atoms with van der Waals surface area (Å²) in [5.41, 5.74) is 2.41. The van der Waals surface area contributed by atoms with Gasteiger partial charge in [-0.3, -0.25) is 4.84 Å². The van der Waals surface area contributed by atoms with E-state index in [1.54, 1.807) is 0 Å². The monoisotopic (exact) mass is 259 g/mol. The van der Waals surface area contributed by atoms with E-state index in [0.717, 1.165) is 12.0 Å². The van der Waals surface area contributed by atoms with Gasteiger partial charge < -0.3 is 0 Å². The summed E-state index contributed by atoms with van der Waals surface area (Å²) in [6.07, 6.45) is 5.15. The molecule has 0 unspecified atom stereocenters. The van der Waals surface area contributed by atoms with Gasteiger partial charge in [-0.25, -0.2) is 0 Å². The van der Waals surface area contributed by atoms with Crippen LogP contribution in [-0.2, 0) is 4.84 Å². The van der Waals surface area contributed by atoms with Crippen LogP contribution in [-0.4, -0.2) is 18.2 Å². The van der Waals surface area contributed by atoms with E-state index in [2.05, 4.69) is 49.9 Å². The van der Waals surface area contributed by atoms with Crippen LogP contribution < -0.4 is 0 Å². The average Bonchev–Trinajstić information content (AvgIpc) is 2.38. The molecule has 2 nitrogen and oxygen atoms in total. The molecule has 0 amide bonds. The van der Waals surface area contributed by atoms with Gasteiger partial charge in [0.15, 0.2) is 0 Å². The highest BCUT2D eigenvalue weighted by Crippen LogP contribution is 2.19. The van der Waals surface area contributed by atoms with E-state index in [4.69, 9.17) is 4.84 Å². The van der Waals surface area contributed by atoms with Crippen LogP contribution >= 0.6 is 0 Å². The van der Waals surface area contributed by atoms with Crippen LogP contribution in [0.4, 0.5) is 0 Å². The van der Waals surface area contributed by atoms with Gasteiger partial charge >= 0.3 is 0 Å². The quantitative estimate of drug-likeness (QED) is 0.527. The maximum Gasteiger partial charge on any atom is 0.0946 e. The van der Waals surface area contributed by atoms with Crippen molar-refractivity contribution >= 4 is 0 Å². The molecule has 0 N–H and O–H groups in total. The zero-order chi connectivity index (χ0) is 14.3. The smallest absolute Gasteiger partial charge is 0.0946 e. The molecule has 2 atom stereocenters. The lowest BCUT2D eigenvalue weighted by Crippen LogP contribution is -2.26. The molecule has 104 valence electrons. The van der Waals surface area contributed by atoms with Gasteiger partial charge in [0.05, 0.1) is 12.1 Å². The molecule has 0 aliphatic carbocycles. The zero-order valence-electron chi connectivity index (χ0n) is 12.5. The Morgan fingerprint density at radius 1 is 1.32 bits per heavy atom. The topological polar surface area (TPSA) is 12.5 Å². The Balaban J connectivity index is 2.48. The van der Waals surface area contributed by atoms with Crippen molar-refractivity contribution in [1.82, 2.24) is 5.06 Å². The second kappa shape index (κ2) is 7.93. The van der Waals surface area contributed by atoms with Crippen molar-refractivity contribution in [2.45, 2.75) is 39.3 Å². The Labute approximate surface area is 117 Å². The van der Waals surface area contributed by atoms with Crippen LogP contribution in [0.5, 0.6) is 0 Å². The lowest BCUT2D eigenvalue weighted by molar-refractivity contribution is -0.185. The van der Waals surface area contributed by atoms with Crippen LogP contribution in [0, 0.1) is 0 Å². The molecular formula is C17H25NO. The molecule has 0 saturated heterocycles. The minimum absolute atomic E-state index is 0.0653. The van der Waals surface area contributed by atoms with Crippen LogP contribution in [0.25, 0.3) is 0 Å². The molecule has 0 spiro atoms. The summed E-state index contributed by atoms with van der Waals surface area (Å²) in [6.45, 7) is 10.1. The molecule has 0 aromatic heterocycles. The van der Waals surface area contributed by atoms with Crippen molar-refractivity contribution in [3.63, 3.8) is 0 Å². The van der Waals surface area contributed by atoms with Gasteiger partial charge in [0, 0.05) is 7.05 Å². The summed E-state index contributed by atoms with van der Waals surface area (Å²) in [5.74, 6) is 0. The van der Waals surface area contributed by atoms with E-state index in [1.807, 2.05) is 32.0 Å². The molecule has 1 aromatic rings. The van der Waals surface area contributed by atoms with Gasteiger partial charge in [-0.05, 0) is 32.8 Å². The molecule has 0 saturated carbocycles. The van der Waals surface area contributed by atoms with E-state index in [-0.39, 0.29) is 12.1 Å². The minimum Gasteiger partial charge on any atom is -0.292 e. The Hall–Kier alpha value is -1.38. The Kier molecular flexibility index (Phi) is 6.54. The van der Waals surface area contributed by atoms with Gasteiger partial charge in [0.25, 0.3) is 0 Å². The Morgan fingerprint density at radius 2 is 1.95 bits per heavy atom. The molecule has 0 aliphatic heterocycles.